The van der Waals surface area contributed by atoms with Crippen LogP contribution in [0.3, 0.4) is 0 Å². The number of benzene rings is 1. The first kappa shape index (κ1) is 27.3. The molecule has 0 spiro atoms. The smallest absolute Gasteiger partial charge is 0.305 e. The van der Waals surface area contributed by atoms with Gasteiger partial charge in [-0.2, -0.15) is 5.10 Å². The molecule has 0 radical (unpaired) electrons. The fourth-order valence-corrected chi connectivity index (χ4v) is 4.36. The Hall–Kier alpha value is -2.34. The van der Waals surface area contributed by atoms with Crippen molar-refractivity contribution < 1.29 is 19.4 Å². The second-order valence-corrected chi connectivity index (χ2v) is 9.69. The summed E-state index contributed by atoms with van der Waals surface area (Å²) in [7, 11) is 1.33. The van der Waals surface area contributed by atoms with Crippen molar-refractivity contribution in [2.45, 2.75) is 63.6 Å². The molecule has 0 unspecified atom stereocenters. The van der Waals surface area contributed by atoms with Crippen molar-refractivity contribution >= 4 is 56.0 Å². The molecular weight excluding hydrogens is 542 g/mol. The summed E-state index contributed by atoms with van der Waals surface area (Å²) < 4.78 is 6.64. The molecule has 1 fully saturated rings. The predicted octanol–water partition coefficient (Wildman–Crippen LogP) is 2.52. The number of hydrogen-bond donors (Lipinski definition) is 3. The summed E-state index contributed by atoms with van der Waals surface area (Å²) in [6, 6.07) is 3.00. The molecule has 35 heavy (non-hydrogen) atoms. The number of rotatable bonds is 10. The fraction of sp³-hybridized carbons (Fsp3) is 0.522. The SMILES string of the molecule is COC(=O)CCCCC(=O)N/N=C(/C[C@H]1NCCC[C@@H]1O)Cn1cnc2cc(Br)c(Cl)cc2c1=O. The van der Waals surface area contributed by atoms with Crippen LogP contribution in [0.1, 0.15) is 44.9 Å². The quantitative estimate of drug-likeness (QED) is 0.173. The number of carbonyl (C=O) groups is 2. The minimum absolute atomic E-state index is 0.0863. The number of nitrogens with zero attached hydrogens (tertiary/aromatic N) is 3. The number of hydrogen-bond acceptors (Lipinski definition) is 8. The van der Waals surface area contributed by atoms with Gasteiger partial charge in [-0.25, -0.2) is 10.4 Å². The van der Waals surface area contributed by atoms with Gasteiger partial charge in [-0.15, -0.1) is 0 Å². The Balaban J connectivity index is 1.75. The monoisotopic (exact) mass is 569 g/mol. The van der Waals surface area contributed by atoms with Crippen LogP contribution in [0.4, 0.5) is 0 Å². The Labute approximate surface area is 216 Å². The van der Waals surface area contributed by atoms with Crippen molar-refractivity contribution in [1.29, 1.82) is 0 Å². The lowest BCUT2D eigenvalue weighted by molar-refractivity contribution is -0.140. The van der Waals surface area contributed by atoms with E-state index >= 15 is 0 Å². The van der Waals surface area contributed by atoms with Crippen LogP contribution in [0.2, 0.25) is 5.02 Å². The molecule has 1 saturated heterocycles. The first-order chi connectivity index (χ1) is 16.8. The summed E-state index contributed by atoms with van der Waals surface area (Å²) in [5, 5.41) is 18.7. The molecule has 1 aromatic heterocycles. The zero-order chi connectivity index (χ0) is 25.4. The summed E-state index contributed by atoms with van der Waals surface area (Å²) in [5.74, 6) is -0.613. The van der Waals surface area contributed by atoms with E-state index in [0.717, 1.165) is 13.0 Å². The van der Waals surface area contributed by atoms with E-state index in [1.165, 1.54) is 18.0 Å². The second-order valence-electron chi connectivity index (χ2n) is 8.43. The lowest BCUT2D eigenvalue weighted by Crippen LogP contribution is -2.46. The maximum Gasteiger partial charge on any atom is 0.305 e. The molecule has 0 saturated carbocycles. The van der Waals surface area contributed by atoms with Crippen LogP contribution in [0, 0.1) is 0 Å². The summed E-state index contributed by atoms with van der Waals surface area (Å²) in [6.45, 7) is 0.857. The number of amides is 1. The topological polar surface area (TPSA) is 135 Å². The molecule has 190 valence electrons. The molecule has 1 aliphatic rings. The Bertz CT molecular complexity index is 1160. The van der Waals surface area contributed by atoms with Crippen LogP contribution in [0.25, 0.3) is 10.9 Å². The van der Waals surface area contributed by atoms with E-state index in [4.69, 9.17) is 11.6 Å². The third-order valence-corrected chi connectivity index (χ3v) is 7.02. The zero-order valence-electron chi connectivity index (χ0n) is 19.4. The molecule has 3 N–H and O–H groups in total. The third-order valence-electron chi connectivity index (χ3n) is 5.82. The lowest BCUT2D eigenvalue weighted by Gasteiger charge is -2.29. The van der Waals surface area contributed by atoms with Gasteiger partial charge < -0.3 is 15.2 Å². The van der Waals surface area contributed by atoms with E-state index in [0.29, 0.717) is 51.8 Å². The molecule has 1 amide bonds. The minimum atomic E-state index is -0.550. The van der Waals surface area contributed by atoms with Crippen LogP contribution in [-0.4, -0.2) is 58.0 Å². The van der Waals surface area contributed by atoms with Gasteiger partial charge in [0.25, 0.3) is 5.56 Å². The summed E-state index contributed by atoms with van der Waals surface area (Å²) in [6.07, 6.45) is 4.26. The van der Waals surface area contributed by atoms with Gasteiger partial charge in [0, 0.05) is 29.8 Å². The Kier molecular flexibility index (Phi) is 10.2. The number of aromatic nitrogens is 2. The molecule has 3 rings (SSSR count). The molecule has 2 heterocycles. The highest BCUT2D eigenvalue weighted by atomic mass is 79.9. The first-order valence-corrected chi connectivity index (χ1v) is 12.6. The molecular formula is C23H29BrClN5O5. The van der Waals surface area contributed by atoms with Crippen molar-refractivity contribution in [3.8, 4) is 0 Å². The first-order valence-electron chi connectivity index (χ1n) is 11.4. The van der Waals surface area contributed by atoms with Crippen molar-refractivity contribution in [2.24, 2.45) is 5.10 Å². The van der Waals surface area contributed by atoms with E-state index < -0.39 is 6.10 Å². The number of halogens is 2. The largest absolute Gasteiger partial charge is 0.469 e. The van der Waals surface area contributed by atoms with Gasteiger partial charge >= 0.3 is 5.97 Å². The molecule has 2 aromatic rings. The molecule has 0 aliphatic carbocycles. The van der Waals surface area contributed by atoms with E-state index in [9.17, 15) is 19.5 Å². The van der Waals surface area contributed by atoms with Gasteiger partial charge in [0.2, 0.25) is 5.91 Å². The number of unbranched alkanes of at least 4 members (excludes halogenated alkanes) is 1. The van der Waals surface area contributed by atoms with Gasteiger partial charge in [0.1, 0.15) is 0 Å². The van der Waals surface area contributed by atoms with Crippen LogP contribution in [-0.2, 0) is 20.9 Å². The minimum Gasteiger partial charge on any atom is -0.469 e. The van der Waals surface area contributed by atoms with Gasteiger partial charge in [0.15, 0.2) is 0 Å². The second kappa shape index (κ2) is 13.1. The summed E-state index contributed by atoms with van der Waals surface area (Å²) in [5.41, 5.74) is 3.27. The number of piperidine rings is 1. The number of aliphatic hydroxyl groups excluding tert-OH is 1. The maximum absolute atomic E-state index is 13.1. The van der Waals surface area contributed by atoms with Gasteiger partial charge in [0.05, 0.1) is 47.7 Å². The van der Waals surface area contributed by atoms with Crippen molar-refractivity contribution in [3.05, 3.63) is 38.3 Å². The van der Waals surface area contributed by atoms with Crippen molar-refractivity contribution in [2.75, 3.05) is 13.7 Å². The van der Waals surface area contributed by atoms with E-state index in [2.05, 4.69) is 41.5 Å². The average molecular weight is 571 g/mol. The van der Waals surface area contributed by atoms with Crippen molar-refractivity contribution in [3.63, 3.8) is 0 Å². The fourth-order valence-electron chi connectivity index (χ4n) is 3.86. The standard InChI is InChI=1S/C23H29BrClN5O5/c1-35-22(33)7-3-2-6-21(32)29-28-14(9-19-20(31)5-4-8-26-19)12-30-13-27-18-11-16(24)17(25)10-15(18)23(30)34/h10-11,13,19-20,26,31H,2-9,12H2,1H3,(H,29,32)/b28-14-/t19-,20+/m1/s1. The molecule has 2 atom stereocenters. The highest BCUT2D eigenvalue weighted by Crippen LogP contribution is 2.25. The Morgan fingerprint density at radius 1 is 1.37 bits per heavy atom. The summed E-state index contributed by atoms with van der Waals surface area (Å²) >= 11 is 9.50. The molecule has 1 aliphatic heterocycles. The lowest BCUT2D eigenvalue weighted by atomic mass is 9.96. The Morgan fingerprint density at radius 2 is 2.14 bits per heavy atom. The van der Waals surface area contributed by atoms with E-state index in [-0.39, 0.29) is 42.9 Å². The zero-order valence-corrected chi connectivity index (χ0v) is 21.8. The van der Waals surface area contributed by atoms with Gasteiger partial charge in [-0.3, -0.25) is 19.0 Å². The number of hydrazone groups is 1. The van der Waals surface area contributed by atoms with Crippen LogP contribution >= 0.6 is 27.5 Å². The number of fused-ring (bicyclic) bond motifs is 1. The maximum atomic E-state index is 13.1. The predicted molar refractivity (Wildman–Crippen MR) is 136 cm³/mol. The van der Waals surface area contributed by atoms with Crippen LogP contribution < -0.4 is 16.3 Å². The molecule has 1 aromatic carbocycles. The van der Waals surface area contributed by atoms with Crippen LogP contribution in [0.5, 0.6) is 0 Å². The molecule has 12 heteroatoms. The number of carbonyl (C=O) groups excluding carboxylic acids is 2. The third kappa shape index (κ3) is 7.83. The Morgan fingerprint density at radius 3 is 2.89 bits per heavy atom. The van der Waals surface area contributed by atoms with E-state index in [1.807, 2.05) is 0 Å². The number of esters is 1. The average Bonchev–Trinajstić information content (AvgIpc) is 2.84. The number of nitrogens with one attached hydrogen (secondary N) is 2. The van der Waals surface area contributed by atoms with Crippen LogP contribution in [0.15, 0.2) is 32.8 Å². The highest BCUT2D eigenvalue weighted by molar-refractivity contribution is 9.10. The normalized spacial score (nSPS) is 18.5. The summed E-state index contributed by atoms with van der Waals surface area (Å²) in [4.78, 5) is 40.9. The molecule has 10 nitrogen and oxygen atoms in total. The number of ether oxygens (including phenoxy) is 1. The number of methoxy groups -OCH3 is 1. The highest BCUT2D eigenvalue weighted by Gasteiger charge is 2.24. The molecule has 0 bridgehead atoms. The van der Waals surface area contributed by atoms with E-state index in [1.54, 1.807) is 12.1 Å². The number of aliphatic hydroxyl groups is 1. The van der Waals surface area contributed by atoms with Crippen molar-refractivity contribution in [1.82, 2.24) is 20.3 Å². The van der Waals surface area contributed by atoms with Gasteiger partial charge in [-0.1, -0.05) is 11.6 Å². The van der Waals surface area contributed by atoms with Gasteiger partial charge in [-0.05, 0) is 60.3 Å².